The number of hydrogen-bond donors (Lipinski definition) is 1. The third-order valence-electron chi connectivity index (χ3n) is 4.82. The summed E-state index contributed by atoms with van der Waals surface area (Å²) in [5.74, 6) is -3.30. The molecule has 0 radical (unpaired) electrons. The van der Waals surface area contributed by atoms with Crippen LogP contribution in [0.1, 0.15) is 36.0 Å². The number of carbonyl (C=O) groups excluding carboxylic acids is 1. The summed E-state index contributed by atoms with van der Waals surface area (Å²) < 4.78 is 26.6. The van der Waals surface area contributed by atoms with Crippen molar-refractivity contribution in [3.63, 3.8) is 0 Å². The molecular weight excluding hydrogens is 292 g/mol. The quantitative estimate of drug-likeness (QED) is 0.914. The highest BCUT2D eigenvalue weighted by Crippen LogP contribution is 2.41. The minimum absolute atomic E-state index is 0.0167. The van der Waals surface area contributed by atoms with Crippen LogP contribution in [0.2, 0.25) is 0 Å². The van der Waals surface area contributed by atoms with E-state index >= 15 is 0 Å². The Balaban J connectivity index is 1.85. The lowest BCUT2D eigenvalue weighted by atomic mass is 9.81. The Morgan fingerprint density at radius 3 is 2.41 bits per heavy atom. The average molecular weight is 309 g/mol. The molecule has 2 fully saturated rings. The zero-order valence-electron chi connectivity index (χ0n) is 12.0. The zero-order chi connectivity index (χ0) is 15.9. The highest BCUT2D eigenvalue weighted by atomic mass is 19.1. The maximum absolute atomic E-state index is 13.3. The van der Waals surface area contributed by atoms with Gasteiger partial charge in [-0.3, -0.25) is 9.59 Å². The molecule has 0 spiro atoms. The summed E-state index contributed by atoms with van der Waals surface area (Å²) in [6.07, 6.45) is 2.79. The Bertz CT molecular complexity index is 599. The van der Waals surface area contributed by atoms with E-state index in [9.17, 15) is 23.5 Å². The molecule has 3 rings (SSSR count). The van der Waals surface area contributed by atoms with Crippen LogP contribution in [0.5, 0.6) is 0 Å². The molecule has 3 atom stereocenters. The number of piperidine rings is 1. The van der Waals surface area contributed by atoms with Crippen molar-refractivity contribution in [3.8, 4) is 0 Å². The van der Waals surface area contributed by atoms with Crippen molar-refractivity contribution in [3.05, 3.63) is 35.4 Å². The van der Waals surface area contributed by atoms with E-state index < -0.39 is 29.4 Å². The summed E-state index contributed by atoms with van der Waals surface area (Å²) in [6.45, 7) is 0.315. The number of rotatable bonds is 2. The third kappa shape index (κ3) is 2.58. The smallest absolute Gasteiger partial charge is 0.306 e. The fourth-order valence-corrected chi connectivity index (χ4v) is 3.89. The number of likely N-dealkylation sites (tertiary alicyclic amines) is 1. The number of halogens is 2. The van der Waals surface area contributed by atoms with Crippen LogP contribution in [0.3, 0.4) is 0 Å². The van der Waals surface area contributed by atoms with Crippen LogP contribution in [0.4, 0.5) is 8.78 Å². The normalized spacial score (nSPS) is 27.5. The van der Waals surface area contributed by atoms with E-state index in [0.29, 0.717) is 13.0 Å². The first-order valence-electron chi connectivity index (χ1n) is 7.47. The van der Waals surface area contributed by atoms with Crippen molar-refractivity contribution < 1.29 is 23.5 Å². The predicted octanol–water partition coefficient (Wildman–Crippen LogP) is 2.68. The summed E-state index contributed by atoms with van der Waals surface area (Å²) >= 11 is 0. The van der Waals surface area contributed by atoms with Crippen molar-refractivity contribution in [1.82, 2.24) is 4.90 Å². The van der Waals surface area contributed by atoms with Crippen molar-refractivity contribution >= 4 is 11.9 Å². The van der Waals surface area contributed by atoms with Gasteiger partial charge in [0.25, 0.3) is 5.91 Å². The minimum Gasteiger partial charge on any atom is -0.481 e. The number of amides is 1. The van der Waals surface area contributed by atoms with Gasteiger partial charge in [0.2, 0.25) is 0 Å². The van der Waals surface area contributed by atoms with Gasteiger partial charge in [-0.05, 0) is 37.3 Å². The first-order valence-corrected chi connectivity index (χ1v) is 7.47. The highest BCUT2D eigenvalue weighted by molar-refractivity contribution is 5.94. The first kappa shape index (κ1) is 14.9. The first-order chi connectivity index (χ1) is 10.5. The van der Waals surface area contributed by atoms with Gasteiger partial charge >= 0.3 is 5.97 Å². The van der Waals surface area contributed by atoms with Gasteiger partial charge in [0, 0.05) is 24.2 Å². The molecule has 118 valence electrons. The second-order valence-corrected chi connectivity index (χ2v) is 6.05. The summed E-state index contributed by atoms with van der Waals surface area (Å²) in [6, 6.07) is 2.64. The molecule has 1 aromatic carbocycles. The van der Waals surface area contributed by atoms with Crippen molar-refractivity contribution in [2.24, 2.45) is 11.8 Å². The van der Waals surface area contributed by atoms with Gasteiger partial charge in [-0.1, -0.05) is 6.42 Å². The van der Waals surface area contributed by atoms with Gasteiger partial charge < -0.3 is 10.0 Å². The molecule has 22 heavy (non-hydrogen) atoms. The molecule has 0 bridgehead atoms. The second-order valence-electron chi connectivity index (χ2n) is 6.05. The van der Waals surface area contributed by atoms with Gasteiger partial charge in [0.05, 0.1) is 5.92 Å². The maximum Gasteiger partial charge on any atom is 0.306 e. The van der Waals surface area contributed by atoms with E-state index in [2.05, 4.69) is 0 Å². The van der Waals surface area contributed by atoms with Crippen molar-refractivity contribution in [2.45, 2.75) is 31.7 Å². The molecule has 1 aliphatic carbocycles. The van der Waals surface area contributed by atoms with Crippen LogP contribution in [-0.4, -0.2) is 34.5 Å². The van der Waals surface area contributed by atoms with E-state index in [1.54, 1.807) is 4.90 Å². The standard InChI is InChI=1S/C16H17F2NO3/c17-10-6-9(7-11(18)8-10)15(20)19-5-4-13(16(21)22)12-2-1-3-14(12)19/h6-8,12-14H,1-5H2,(H,21,22). The summed E-state index contributed by atoms with van der Waals surface area (Å²) in [4.78, 5) is 25.5. The van der Waals surface area contributed by atoms with Crippen LogP contribution in [0.25, 0.3) is 0 Å². The fraction of sp³-hybridized carbons (Fsp3) is 0.500. The number of hydrogen-bond acceptors (Lipinski definition) is 2. The Labute approximate surface area is 126 Å². The monoisotopic (exact) mass is 309 g/mol. The van der Waals surface area contributed by atoms with Crippen LogP contribution in [0.15, 0.2) is 18.2 Å². The molecule has 1 aliphatic heterocycles. The number of nitrogens with zero attached hydrogens (tertiary/aromatic N) is 1. The van der Waals surface area contributed by atoms with Crippen LogP contribution in [0, 0.1) is 23.5 Å². The Hall–Kier alpha value is -1.98. The lowest BCUT2D eigenvalue weighted by Gasteiger charge is -2.41. The Morgan fingerprint density at radius 2 is 1.77 bits per heavy atom. The fourth-order valence-electron chi connectivity index (χ4n) is 3.89. The lowest BCUT2D eigenvalue weighted by molar-refractivity contribution is -0.146. The molecule has 2 aliphatic rings. The Morgan fingerprint density at radius 1 is 1.09 bits per heavy atom. The molecule has 1 saturated heterocycles. The molecule has 3 unspecified atom stereocenters. The molecule has 4 nitrogen and oxygen atoms in total. The third-order valence-corrected chi connectivity index (χ3v) is 4.82. The predicted molar refractivity (Wildman–Crippen MR) is 74.3 cm³/mol. The SMILES string of the molecule is O=C(O)C1CCN(C(=O)c2cc(F)cc(F)c2)C2CCCC12. The number of benzene rings is 1. The molecule has 1 saturated carbocycles. The number of carbonyl (C=O) groups is 2. The summed E-state index contributed by atoms with van der Waals surface area (Å²) in [5, 5.41) is 9.30. The number of carboxylic acid groups (broad SMARTS) is 1. The molecule has 1 amide bonds. The minimum atomic E-state index is -0.819. The van der Waals surface area contributed by atoms with Gasteiger partial charge in [0.15, 0.2) is 0 Å². The Kier molecular flexibility index (Phi) is 3.85. The van der Waals surface area contributed by atoms with Crippen LogP contribution >= 0.6 is 0 Å². The second kappa shape index (κ2) is 5.66. The molecule has 1 aromatic rings. The lowest BCUT2D eigenvalue weighted by Crippen LogP contribution is -2.51. The summed E-state index contributed by atoms with van der Waals surface area (Å²) in [7, 11) is 0. The van der Waals surface area contributed by atoms with Gasteiger partial charge in [-0.15, -0.1) is 0 Å². The van der Waals surface area contributed by atoms with E-state index in [1.807, 2.05) is 0 Å². The maximum atomic E-state index is 13.3. The molecule has 0 aromatic heterocycles. The van der Waals surface area contributed by atoms with E-state index in [4.69, 9.17) is 0 Å². The van der Waals surface area contributed by atoms with Crippen LogP contribution < -0.4 is 0 Å². The molecule has 6 heteroatoms. The van der Waals surface area contributed by atoms with Crippen LogP contribution in [-0.2, 0) is 4.79 Å². The molecule has 1 N–H and O–H groups in total. The van der Waals surface area contributed by atoms with E-state index in [1.165, 1.54) is 0 Å². The zero-order valence-corrected chi connectivity index (χ0v) is 12.0. The van der Waals surface area contributed by atoms with E-state index in [0.717, 1.165) is 37.5 Å². The molecule has 1 heterocycles. The van der Waals surface area contributed by atoms with Gasteiger partial charge in [0.1, 0.15) is 11.6 Å². The van der Waals surface area contributed by atoms with Gasteiger partial charge in [-0.25, -0.2) is 8.78 Å². The highest BCUT2D eigenvalue weighted by Gasteiger charge is 2.45. The molecular formula is C16H17F2NO3. The topological polar surface area (TPSA) is 57.6 Å². The van der Waals surface area contributed by atoms with Crippen molar-refractivity contribution in [1.29, 1.82) is 0 Å². The van der Waals surface area contributed by atoms with Gasteiger partial charge in [-0.2, -0.15) is 0 Å². The largest absolute Gasteiger partial charge is 0.481 e. The number of fused-ring (bicyclic) bond motifs is 1. The summed E-state index contributed by atoms with van der Waals surface area (Å²) in [5.41, 5.74) is -0.0167. The number of aliphatic carboxylic acids is 1. The number of carboxylic acids is 1. The van der Waals surface area contributed by atoms with Crippen molar-refractivity contribution in [2.75, 3.05) is 6.54 Å². The average Bonchev–Trinajstić information content (AvgIpc) is 2.93. The van der Waals surface area contributed by atoms with E-state index in [-0.39, 0.29) is 17.5 Å².